The Kier molecular flexibility index (Phi) is 6.99. The highest BCUT2D eigenvalue weighted by Gasteiger charge is 2.29. The molecule has 7 heteroatoms. The minimum Gasteiger partial charge on any atom is -0.469 e. The second kappa shape index (κ2) is 8.99. The summed E-state index contributed by atoms with van der Waals surface area (Å²) in [6.07, 6.45) is 3.53. The molecule has 138 valence electrons. The fourth-order valence-electron chi connectivity index (χ4n) is 2.83. The normalized spacial score (nSPS) is 16.0. The predicted molar refractivity (Wildman–Crippen MR) is 96.0 cm³/mol. The molecule has 0 aliphatic heterocycles. The predicted octanol–water partition coefficient (Wildman–Crippen LogP) is 3.33. The van der Waals surface area contributed by atoms with Crippen LogP contribution in [-0.4, -0.2) is 31.6 Å². The Morgan fingerprint density at radius 1 is 1.28 bits per heavy atom. The molecule has 25 heavy (non-hydrogen) atoms. The van der Waals surface area contributed by atoms with Crippen LogP contribution < -0.4 is 5.32 Å². The Bertz CT molecular complexity index is 652. The van der Waals surface area contributed by atoms with Crippen molar-refractivity contribution < 1.29 is 23.9 Å². The molecule has 0 radical (unpaired) electrons. The molecule has 0 saturated heterocycles. The van der Waals surface area contributed by atoms with E-state index in [1.807, 2.05) is 6.92 Å². The lowest BCUT2D eigenvalue weighted by Gasteiger charge is -2.18. The minimum absolute atomic E-state index is 0.0140. The Morgan fingerprint density at radius 2 is 2.04 bits per heavy atom. The van der Waals surface area contributed by atoms with Crippen molar-refractivity contribution >= 4 is 34.2 Å². The highest BCUT2D eigenvalue weighted by Crippen LogP contribution is 2.40. The number of carbonyl (C=O) groups excluding carboxylic acids is 3. The molecule has 1 aliphatic rings. The molecule has 0 spiro atoms. The van der Waals surface area contributed by atoms with E-state index in [4.69, 9.17) is 4.74 Å². The van der Waals surface area contributed by atoms with Crippen molar-refractivity contribution in [3.8, 4) is 0 Å². The maximum atomic E-state index is 12.5. The molecule has 1 aromatic heterocycles. The van der Waals surface area contributed by atoms with Crippen molar-refractivity contribution in [1.29, 1.82) is 0 Å². The van der Waals surface area contributed by atoms with Crippen LogP contribution in [0.25, 0.3) is 0 Å². The molecule has 6 nitrogen and oxygen atoms in total. The summed E-state index contributed by atoms with van der Waals surface area (Å²) >= 11 is 1.45. The average molecular weight is 367 g/mol. The van der Waals surface area contributed by atoms with Crippen LogP contribution in [0.1, 0.15) is 60.3 Å². The van der Waals surface area contributed by atoms with Gasteiger partial charge in [0, 0.05) is 11.3 Å². The highest BCUT2D eigenvalue weighted by molar-refractivity contribution is 7.17. The molecule has 0 bridgehead atoms. The summed E-state index contributed by atoms with van der Waals surface area (Å²) in [5.74, 6) is -0.552. The van der Waals surface area contributed by atoms with E-state index >= 15 is 0 Å². The van der Waals surface area contributed by atoms with Gasteiger partial charge in [-0.2, -0.15) is 0 Å². The second-order valence-corrected chi connectivity index (χ2v) is 7.42. The van der Waals surface area contributed by atoms with Crippen LogP contribution in [0.5, 0.6) is 0 Å². The quantitative estimate of drug-likeness (QED) is 0.748. The molecule has 1 heterocycles. The zero-order valence-electron chi connectivity index (χ0n) is 15.0. The first-order chi connectivity index (χ1) is 12.0. The van der Waals surface area contributed by atoms with E-state index < -0.39 is 5.97 Å². The Morgan fingerprint density at radius 3 is 2.72 bits per heavy atom. The lowest BCUT2D eigenvalue weighted by molar-refractivity contribution is -0.141. The minimum atomic E-state index is -0.433. The van der Waals surface area contributed by atoms with Gasteiger partial charge in [0.05, 0.1) is 25.7 Å². The SMILES string of the molecule is CCCOC(=O)c1c(NC(=O)CCC(=O)OC)sc2c1CCC(C)C2. The molecule has 0 fully saturated rings. The molecule has 0 aromatic carbocycles. The maximum absolute atomic E-state index is 12.5. The van der Waals surface area contributed by atoms with E-state index in [0.717, 1.165) is 36.1 Å². The first kappa shape index (κ1) is 19.4. The van der Waals surface area contributed by atoms with E-state index in [-0.39, 0.29) is 24.7 Å². The van der Waals surface area contributed by atoms with Crippen molar-refractivity contribution in [3.05, 3.63) is 16.0 Å². The molecule has 1 amide bonds. The summed E-state index contributed by atoms with van der Waals surface area (Å²) in [6.45, 7) is 4.48. The number of methoxy groups -OCH3 is 1. The van der Waals surface area contributed by atoms with Gasteiger partial charge in [0.25, 0.3) is 0 Å². The summed E-state index contributed by atoms with van der Waals surface area (Å²) in [5, 5.41) is 3.33. The fourth-order valence-corrected chi connectivity index (χ4v) is 4.24. The van der Waals surface area contributed by atoms with Crippen LogP contribution in [0.2, 0.25) is 0 Å². The number of rotatable bonds is 7. The number of hydrogen-bond acceptors (Lipinski definition) is 6. The van der Waals surface area contributed by atoms with Gasteiger partial charge in [-0.25, -0.2) is 4.79 Å². The number of hydrogen-bond donors (Lipinski definition) is 1. The number of fused-ring (bicyclic) bond motifs is 1. The van der Waals surface area contributed by atoms with Gasteiger partial charge in [0.1, 0.15) is 5.00 Å². The van der Waals surface area contributed by atoms with Gasteiger partial charge >= 0.3 is 11.9 Å². The van der Waals surface area contributed by atoms with Gasteiger partial charge in [-0.15, -0.1) is 11.3 Å². The second-order valence-electron chi connectivity index (χ2n) is 6.32. The number of anilines is 1. The van der Waals surface area contributed by atoms with Crippen molar-refractivity contribution in [2.45, 2.75) is 52.4 Å². The molecule has 1 aromatic rings. The monoisotopic (exact) mass is 367 g/mol. The highest BCUT2D eigenvalue weighted by atomic mass is 32.1. The number of carbonyl (C=O) groups is 3. The van der Waals surface area contributed by atoms with Crippen LogP contribution in [0.15, 0.2) is 0 Å². The summed E-state index contributed by atoms with van der Waals surface area (Å²) in [5.41, 5.74) is 1.50. The number of nitrogens with one attached hydrogen (secondary N) is 1. The molecule has 1 aliphatic carbocycles. The lowest BCUT2D eigenvalue weighted by Crippen LogP contribution is -2.17. The zero-order chi connectivity index (χ0) is 18.4. The van der Waals surface area contributed by atoms with Gasteiger partial charge in [-0.3, -0.25) is 9.59 Å². The standard InChI is InChI=1S/C18H25NO5S/c1-4-9-24-18(22)16-12-6-5-11(2)10-13(12)25-17(16)19-14(20)7-8-15(21)23-3/h11H,4-10H2,1-3H3,(H,19,20). The van der Waals surface area contributed by atoms with Crippen LogP contribution in [0, 0.1) is 5.92 Å². The molecule has 2 rings (SSSR count). The number of esters is 2. The molecular weight excluding hydrogens is 342 g/mol. The summed E-state index contributed by atoms with van der Waals surface area (Å²) in [6, 6.07) is 0. The third kappa shape index (κ3) is 5.04. The Hall–Kier alpha value is -1.89. The number of amides is 1. The first-order valence-electron chi connectivity index (χ1n) is 8.64. The van der Waals surface area contributed by atoms with Crippen LogP contribution in [0.4, 0.5) is 5.00 Å². The molecule has 1 N–H and O–H groups in total. The van der Waals surface area contributed by atoms with E-state index in [1.165, 1.54) is 18.4 Å². The third-order valence-corrected chi connectivity index (χ3v) is 5.36. The lowest BCUT2D eigenvalue weighted by atomic mass is 9.88. The van der Waals surface area contributed by atoms with E-state index in [9.17, 15) is 14.4 Å². The number of thiophene rings is 1. The summed E-state index contributed by atoms with van der Waals surface area (Å²) in [4.78, 5) is 37.0. The first-order valence-corrected chi connectivity index (χ1v) is 9.46. The summed E-state index contributed by atoms with van der Waals surface area (Å²) < 4.78 is 9.85. The zero-order valence-corrected chi connectivity index (χ0v) is 15.8. The van der Waals surface area contributed by atoms with E-state index in [0.29, 0.717) is 23.1 Å². The topological polar surface area (TPSA) is 81.7 Å². The van der Waals surface area contributed by atoms with Crippen LogP contribution >= 0.6 is 11.3 Å². The molecule has 1 atom stereocenters. The van der Waals surface area contributed by atoms with Gasteiger partial charge in [-0.1, -0.05) is 13.8 Å². The van der Waals surface area contributed by atoms with Gasteiger partial charge in [0.2, 0.25) is 5.91 Å². The van der Waals surface area contributed by atoms with Gasteiger partial charge < -0.3 is 14.8 Å². The molecule has 1 unspecified atom stereocenters. The van der Waals surface area contributed by atoms with Gasteiger partial charge in [0.15, 0.2) is 0 Å². The van der Waals surface area contributed by atoms with Gasteiger partial charge in [-0.05, 0) is 37.2 Å². The number of ether oxygens (including phenoxy) is 2. The van der Waals surface area contributed by atoms with Crippen molar-refractivity contribution in [2.75, 3.05) is 19.0 Å². The van der Waals surface area contributed by atoms with Crippen LogP contribution in [-0.2, 0) is 31.9 Å². The van der Waals surface area contributed by atoms with Crippen molar-refractivity contribution in [3.63, 3.8) is 0 Å². The van der Waals surface area contributed by atoms with E-state index in [2.05, 4.69) is 17.0 Å². The smallest absolute Gasteiger partial charge is 0.341 e. The maximum Gasteiger partial charge on any atom is 0.341 e. The largest absolute Gasteiger partial charge is 0.469 e. The Labute approximate surface area is 151 Å². The molecule has 0 saturated carbocycles. The van der Waals surface area contributed by atoms with Crippen LogP contribution in [0.3, 0.4) is 0 Å². The third-order valence-electron chi connectivity index (χ3n) is 4.19. The van der Waals surface area contributed by atoms with E-state index in [1.54, 1.807) is 0 Å². The fraction of sp³-hybridized carbons (Fsp3) is 0.611. The Balaban J connectivity index is 2.19. The average Bonchev–Trinajstić information content (AvgIpc) is 2.94. The summed E-state index contributed by atoms with van der Waals surface area (Å²) in [7, 11) is 1.29. The molecular formula is C18H25NO5S. The van der Waals surface area contributed by atoms with Crippen molar-refractivity contribution in [1.82, 2.24) is 0 Å². The van der Waals surface area contributed by atoms with Crippen molar-refractivity contribution in [2.24, 2.45) is 5.92 Å².